The molecule has 0 amide bonds. The lowest BCUT2D eigenvalue weighted by molar-refractivity contribution is -0.140. The van der Waals surface area contributed by atoms with Crippen LogP contribution in [0.25, 0.3) is 72.7 Å². The normalized spacial score (nSPS) is 12.9. The molecule has 0 fully saturated rings. The molecule has 0 aliphatic rings. The first-order valence-electron chi connectivity index (χ1n) is 43.6. The minimum absolute atomic E-state index is 0.0313. The van der Waals surface area contributed by atoms with Crippen LogP contribution in [0, 0.1) is 17.5 Å². The molecule has 0 radical (unpaired) electrons. The Hall–Kier alpha value is -11.7. The van der Waals surface area contributed by atoms with Gasteiger partial charge in [0, 0.05) is 113 Å². The Labute approximate surface area is 763 Å². The average molecular weight is 1840 g/mol. The van der Waals surface area contributed by atoms with Crippen LogP contribution in [0.4, 0.5) is 26.3 Å². The minimum Gasteiger partial charge on any atom is -0.370 e. The smallest absolute Gasteiger partial charge is 0.370 e. The van der Waals surface area contributed by atoms with Crippen LogP contribution in [0.5, 0.6) is 0 Å². The second-order valence-corrected chi connectivity index (χ2v) is 35.8. The maximum atomic E-state index is 15.2. The predicted molar refractivity (Wildman–Crippen MR) is 515 cm³/mol. The maximum absolute atomic E-state index is 15.2. The summed E-state index contributed by atoms with van der Waals surface area (Å²) in [7, 11) is 0. The van der Waals surface area contributed by atoms with Gasteiger partial charge in [-0.3, -0.25) is 28.7 Å². The lowest BCUT2D eigenvalue weighted by Crippen LogP contribution is -2.24. The van der Waals surface area contributed by atoms with Crippen LogP contribution in [0.2, 0.25) is 10.0 Å². The maximum Gasteiger partial charge on any atom is 0.419 e. The van der Waals surface area contributed by atoms with Gasteiger partial charge in [0.05, 0.1) is 44.1 Å². The number of hydrogen-bond donors (Lipinski definition) is 15. The molecule has 35 heteroatoms. The van der Waals surface area contributed by atoms with Gasteiger partial charge in [-0.25, -0.2) is 27.6 Å². The zero-order valence-corrected chi connectivity index (χ0v) is 77.2. The third-order valence-electron chi connectivity index (χ3n) is 21.6. The van der Waals surface area contributed by atoms with Crippen molar-refractivity contribution >= 4 is 74.2 Å². The number of guanidine groups is 3. The van der Waals surface area contributed by atoms with Crippen molar-refractivity contribution in [3.8, 4) is 39.6 Å². The van der Waals surface area contributed by atoms with Gasteiger partial charge in [-0.2, -0.15) is 28.1 Å². The highest BCUT2D eigenvalue weighted by atomic mass is 35.5. The van der Waals surface area contributed by atoms with E-state index in [-0.39, 0.29) is 97.4 Å². The second-order valence-electron chi connectivity index (χ2n) is 35.0. The van der Waals surface area contributed by atoms with E-state index in [1.54, 1.807) is 47.2 Å². The summed E-state index contributed by atoms with van der Waals surface area (Å²) < 4.78 is 89.8. The molecule has 0 aliphatic carbocycles. The van der Waals surface area contributed by atoms with Gasteiger partial charge in [-0.05, 0) is 261 Å². The molecular formula is C95H124Cl2F6N24O3. The third kappa shape index (κ3) is 29.9. The molecule has 0 bridgehead atoms. The summed E-state index contributed by atoms with van der Waals surface area (Å²) in [4.78, 5) is 71.8. The molecule has 27 nitrogen and oxygen atoms in total. The van der Waals surface area contributed by atoms with Crippen molar-refractivity contribution in [2.45, 2.75) is 207 Å². The fraction of sp³-hybridized carbons (Fsp3) is 0.400. The summed E-state index contributed by atoms with van der Waals surface area (Å²) in [5.41, 5.74) is 57.5. The number of nitrogens with zero attached hydrogens (tertiary/aromatic N) is 9. The third-order valence-corrected chi connectivity index (χ3v) is 22.1. The number of nitrogens with two attached hydrogens (primary N) is 9. The van der Waals surface area contributed by atoms with E-state index < -0.39 is 34.8 Å². The van der Waals surface area contributed by atoms with Gasteiger partial charge < -0.3 is 82.5 Å². The molecule has 130 heavy (non-hydrogen) atoms. The van der Waals surface area contributed by atoms with Gasteiger partial charge in [0.1, 0.15) is 28.6 Å². The van der Waals surface area contributed by atoms with Crippen LogP contribution < -0.4 is 84.6 Å². The quantitative estimate of drug-likeness (QED) is 0.00759. The number of aromatic nitrogens is 9. The first-order chi connectivity index (χ1) is 61.4. The van der Waals surface area contributed by atoms with Crippen molar-refractivity contribution in [3.63, 3.8) is 0 Å². The van der Waals surface area contributed by atoms with E-state index in [0.29, 0.717) is 101 Å². The van der Waals surface area contributed by atoms with Crippen LogP contribution in [-0.2, 0) is 42.8 Å². The van der Waals surface area contributed by atoms with Gasteiger partial charge in [-0.1, -0.05) is 107 Å². The highest BCUT2D eigenvalue weighted by Crippen LogP contribution is 2.39. The minimum atomic E-state index is -4.88. The zero-order valence-electron chi connectivity index (χ0n) is 75.6. The van der Waals surface area contributed by atoms with Crippen molar-refractivity contribution in [1.29, 1.82) is 0 Å². The number of rotatable bonds is 35. The van der Waals surface area contributed by atoms with Crippen molar-refractivity contribution in [2.24, 2.45) is 66.6 Å². The lowest BCUT2D eigenvalue weighted by atomic mass is 9.85. The molecule has 12 rings (SSSR count). The molecule has 6 heterocycles. The number of halogens is 8. The molecular weight excluding hydrogens is 1710 g/mol. The van der Waals surface area contributed by atoms with Crippen LogP contribution in [0.3, 0.4) is 0 Å². The molecule has 5 atom stereocenters. The van der Waals surface area contributed by atoms with Gasteiger partial charge in [0.25, 0.3) is 0 Å². The van der Waals surface area contributed by atoms with Crippen LogP contribution in [0.1, 0.15) is 196 Å². The molecule has 698 valence electrons. The predicted octanol–water partition coefficient (Wildman–Crippen LogP) is 14.9. The van der Waals surface area contributed by atoms with Crippen LogP contribution in [-0.4, -0.2) is 119 Å². The molecule has 0 aliphatic heterocycles. The standard InChI is InChI=1S/C30H36F4N8O.C29H36ClFN8O.C21H29N7O.C15H23ClFN/c1-17(35)5-3-6-19-13-23(26(31)24(14-19)30(32,33)34)25-15-21-16-42(29(43)41-27(21)40-25)22-9-7-20(8-10-22)18(2)38-11-4-12-39-28(36)37;1-17(32)5-3-6-19-13-23(26(31)24(30)14-19)25-15-21-16-39(29(40)38-27(21)37-25)22-9-7-20(8-10-22)18(2)35-11-4-12-36-28(33)34;1-21(2,3)17-11-15-13-28(20(29)27-18(15)26-17)16-7-5-14(6-8-16)12-24-9-4-10-25-19(22)23;1-10(18)6-5-7-11-8-12(15(2,3)4)14(17)13(16)9-11/h7-10,13-18,38H,3-6,11-12,35H2,1-2H3,(H4,36,37,39)(H,40,41,43);7-10,13-18,35H,3-6,11-12,32H2,1-2H3,(H4,33,34,36)(H,37,38,40);5-8,11,13,24H,4,9-10,12H2,1-3H3,(H4,22,23,25)(H,26,27,29);8-10H,5-7,18H2,1-4H3/t2*17-,18-;;10-/m00.0/s1. The highest BCUT2D eigenvalue weighted by Gasteiger charge is 2.36. The lowest BCUT2D eigenvalue weighted by Gasteiger charge is -2.21. The Balaban J connectivity index is 0.000000203. The topological polar surface area (TPSA) is 459 Å². The van der Waals surface area contributed by atoms with E-state index >= 15 is 8.78 Å². The largest absolute Gasteiger partial charge is 0.419 e. The number of aliphatic imine (C=N–C) groups is 3. The van der Waals surface area contributed by atoms with Gasteiger partial charge in [0.2, 0.25) is 0 Å². The average Bonchev–Trinajstić information content (AvgIpc) is 1.59. The van der Waals surface area contributed by atoms with Crippen molar-refractivity contribution < 1.29 is 26.3 Å². The molecule has 6 aromatic heterocycles. The summed E-state index contributed by atoms with van der Waals surface area (Å²) in [6, 6.07) is 37.9. The number of fused-ring (bicyclic) bond motifs is 3. The van der Waals surface area contributed by atoms with E-state index in [4.69, 9.17) is 74.8 Å². The Morgan fingerprint density at radius 3 is 1.17 bits per heavy atom. The molecule has 24 N–H and O–H groups in total. The number of aromatic amines is 3. The van der Waals surface area contributed by atoms with Crippen LogP contribution in [0.15, 0.2) is 175 Å². The van der Waals surface area contributed by atoms with Crippen molar-refractivity contribution in [3.05, 3.63) is 255 Å². The summed E-state index contributed by atoms with van der Waals surface area (Å²) in [5, 5.41) is 12.5. The summed E-state index contributed by atoms with van der Waals surface area (Å²) in [5.74, 6) is -1.92. The Kier molecular flexibility index (Phi) is 36.7. The van der Waals surface area contributed by atoms with Gasteiger partial charge in [-0.15, -0.1) is 0 Å². The Morgan fingerprint density at radius 1 is 0.431 bits per heavy atom. The Morgan fingerprint density at radius 2 is 0.785 bits per heavy atom. The fourth-order valence-electron chi connectivity index (χ4n) is 14.4. The highest BCUT2D eigenvalue weighted by molar-refractivity contribution is 6.31. The van der Waals surface area contributed by atoms with Crippen molar-refractivity contribution in [1.82, 2.24) is 59.6 Å². The number of nitrogens with one attached hydrogen (secondary N) is 6. The fourth-order valence-corrected chi connectivity index (χ4v) is 14.9. The first kappa shape index (κ1) is 102. The summed E-state index contributed by atoms with van der Waals surface area (Å²) in [6.45, 7) is 26.9. The number of alkyl halides is 3. The molecule has 12 aromatic rings. The van der Waals surface area contributed by atoms with E-state index in [9.17, 15) is 31.9 Å². The van der Waals surface area contributed by atoms with Gasteiger partial charge in [0.15, 0.2) is 23.7 Å². The number of benzene rings is 6. The van der Waals surface area contributed by atoms with Crippen LogP contribution >= 0.6 is 23.2 Å². The molecule has 0 saturated heterocycles. The van der Waals surface area contributed by atoms with E-state index in [1.165, 1.54) is 27.5 Å². The monoisotopic (exact) mass is 1830 g/mol. The summed E-state index contributed by atoms with van der Waals surface area (Å²) in [6.07, 6.45) is 9.47. The first-order valence-corrected chi connectivity index (χ1v) is 44.3. The van der Waals surface area contributed by atoms with Crippen molar-refractivity contribution in [2.75, 3.05) is 39.3 Å². The molecule has 6 aromatic carbocycles. The molecule has 0 spiro atoms. The number of hydrogen-bond acceptors (Lipinski definition) is 15. The zero-order chi connectivity index (χ0) is 95.1. The van der Waals surface area contributed by atoms with E-state index in [2.05, 4.69) is 94.6 Å². The van der Waals surface area contributed by atoms with Gasteiger partial charge >= 0.3 is 23.2 Å². The Bertz CT molecular complexity index is 6030. The molecule has 0 unspecified atom stereocenters. The van der Waals surface area contributed by atoms with E-state index in [1.807, 2.05) is 121 Å². The SMILES string of the molecule is CC(C)(C)c1cc2cn(-c3ccc(CNCCCN=C(N)N)cc3)c(=O)nc2[nH]1.C[C@H](N)CCCc1cc(-c2cc3cn(-c4ccc([C@H](C)NCCCN=C(N)N)cc4)c(=O)nc3[nH]2)c(F)c(C(F)(F)F)c1.C[C@H](N)CCCc1cc(Cl)c(F)c(-c2cc3cn(-c4ccc([C@H](C)NCCCN=C(N)N)cc4)c(=O)nc3[nH]2)c1.C[C@H](N)CCCc1cc(Cl)c(F)c(C(C)(C)C)c1. The molecule has 0 saturated carbocycles. The second kappa shape index (κ2) is 46.7. The number of aryl methyl sites for hydroxylation is 3. The van der Waals surface area contributed by atoms with E-state index in [0.717, 1.165) is 128 Å². The number of H-pyrrole nitrogens is 3. The summed E-state index contributed by atoms with van der Waals surface area (Å²) >= 11 is 12.2.